The van der Waals surface area contributed by atoms with Crippen LogP contribution in [0.1, 0.15) is 35.5 Å². The Balaban J connectivity index is 2.51. The third-order valence-electron chi connectivity index (χ3n) is 3.20. The van der Waals surface area contributed by atoms with Crippen molar-refractivity contribution in [3.05, 3.63) is 52.6 Å². The van der Waals surface area contributed by atoms with Crippen molar-refractivity contribution in [3.8, 4) is 0 Å². The number of aryl methyl sites for hydroxylation is 3. The summed E-state index contributed by atoms with van der Waals surface area (Å²) >= 11 is 0. The zero-order valence-corrected chi connectivity index (χ0v) is 11.9. The predicted octanol–water partition coefficient (Wildman–Crippen LogP) is 2.87. The van der Waals surface area contributed by atoms with Crippen LogP contribution in [0.15, 0.2) is 24.3 Å². The molecule has 0 spiro atoms. The van der Waals surface area contributed by atoms with Gasteiger partial charge in [-0.2, -0.15) is 5.10 Å². The number of benzene rings is 1. The molecule has 0 amide bonds. The van der Waals surface area contributed by atoms with Crippen LogP contribution in [0.5, 0.6) is 0 Å². The molecule has 3 nitrogen and oxygen atoms in total. The van der Waals surface area contributed by atoms with E-state index in [1.807, 2.05) is 44.6 Å². The largest absolute Gasteiger partial charge is 0.305 e. The molecule has 1 aromatic carbocycles. The van der Waals surface area contributed by atoms with E-state index in [4.69, 9.17) is 0 Å². The second-order valence-electron chi connectivity index (χ2n) is 4.85. The third kappa shape index (κ3) is 2.84. The molecule has 1 atom stereocenters. The number of hydrogen-bond acceptors (Lipinski definition) is 2. The summed E-state index contributed by atoms with van der Waals surface area (Å²) in [6.45, 7) is 6.70. The molecule has 1 unspecified atom stereocenters. The molecule has 1 N–H and O–H groups in total. The fourth-order valence-corrected chi connectivity index (χ4v) is 2.36. The van der Waals surface area contributed by atoms with Gasteiger partial charge in [-0.15, -0.1) is 0 Å². The molecule has 4 heteroatoms. The quantitative estimate of drug-likeness (QED) is 0.917. The van der Waals surface area contributed by atoms with Gasteiger partial charge in [0.1, 0.15) is 5.82 Å². The normalized spacial score (nSPS) is 12.7. The average molecular weight is 261 g/mol. The van der Waals surface area contributed by atoms with Crippen LogP contribution in [0.3, 0.4) is 0 Å². The van der Waals surface area contributed by atoms with Gasteiger partial charge in [0.15, 0.2) is 0 Å². The van der Waals surface area contributed by atoms with Crippen LogP contribution >= 0.6 is 0 Å². The van der Waals surface area contributed by atoms with Gasteiger partial charge in [-0.25, -0.2) is 4.39 Å². The summed E-state index contributed by atoms with van der Waals surface area (Å²) in [4.78, 5) is 0. The average Bonchev–Trinajstić information content (AvgIpc) is 2.69. The van der Waals surface area contributed by atoms with Crippen molar-refractivity contribution in [2.24, 2.45) is 7.05 Å². The van der Waals surface area contributed by atoms with E-state index in [2.05, 4.69) is 10.4 Å². The molecule has 0 saturated heterocycles. The van der Waals surface area contributed by atoms with Crippen molar-refractivity contribution in [2.75, 3.05) is 6.54 Å². The van der Waals surface area contributed by atoms with Crippen LogP contribution < -0.4 is 5.32 Å². The molecule has 102 valence electrons. The molecule has 0 aliphatic carbocycles. The molecule has 0 saturated carbocycles. The standard InChI is InChI=1S/C15H20FN3/c1-5-17-15(14-9-11(3)18-19(14)4)12-8-10(2)6-7-13(12)16/h6-9,15,17H,5H2,1-4H3. The van der Waals surface area contributed by atoms with E-state index in [1.54, 1.807) is 6.07 Å². The fraction of sp³-hybridized carbons (Fsp3) is 0.400. The Hall–Kier alpha value is -1.68. The highest BCUT2D eigenvalue weighted by Crippen LogP contribution is 2.25. The van der Waals surface area contributed by atoms with Gasteiger partial charge in [0.2, 0.25) is 0 Å². The first kappa shape index (κ1) is 13.7. The Morgan fingerprint density at radius 3 is 2.63 bits per heavy atom. The Bertz CT molecular complexity index is 575. The van der Waals surface area contributed by atoms with E-state index in [-0.39, 0.29) is 11.9 Å². The molecule has 2 rings (SSSR count). The maximum atomic E-state index is 14.1. The summed E-state index contributed by atoms with van der Waals surface area (Å²) in [6, 6.07) is 7.03. The van der Waals surface area contributed by atoms with Gasteiger partial charge in [-0.05, 0) is 32.5 Å². The second kappa shape index (κ2) is 5.53. The fourth-order valence-electron chi connectivity index (χ4n) is 2.36. The lowest BCUT2D eigenvalue weighted by Gasteiger charge is -2.19. The summed E-state index contributed by atoms with van der Waals surface area (Å²) in [5, 5.41) is 7.68. The van der Waals surface area contributed by atoms with E-state index in [1.165, 1.54) is 6.07 Å². The van der Waals surface area contributed by atoms with Crippen molar-refractivity contribution in [1.29, 1.82) is 0 Å². The van der Waals surface area contributed by atoms with Gasteiger partial charge in [0.25, 0.3) is 0 Å². The molecule has 1 aromatic heterocycles. The molecular weight excluding hydrogens is 241 g/mol. The first-order valence-corrected chi connectivity index (χ1v) is 6.53. The molecule has 0 fully saturated rings. The van der Waals surface area contributed by atoms with E-state index >= 15 is 0 Å². The molecule has 2 aromatic rings. The van der Waals surface area contributed by atoms with Gasteiger partial charge < -0.3 is 5.32 Å². The minimum Gasteiger partial charge on any atom is -0.305 e. The zero-order valence-electron chi connectivity index (χ0n) is 11.9. The Labute approximate surface area is 113 Å². The monoisotopic (exact) mass is 261 g/mol. The number of halogens is 1. The van der Waals surface area contributed by atoms with Gasteiger partial charge in [0.05, 0.1) is 17.4 Å². The van der Waals surface area contributed by atoms with Crippen LogP contribution in [-0.2, 0) is 7.05 Å². The van der Waals surface area contributed by atoms with Crippen molar-refractivity contribution in [2.45, 2.75) is 26.8 Å². The van der Waals surface area contributed by atoms with Gasteiger partial charge in [-0.3, -0.25) is 4.68 Å². The maximum absolute atomic E-state index is 14.1. The van der Waals surface area contributed by atoms with Crippen molar-refractivity contribution in [3.63, 3.8) is 0 Å². The SMILES string of the molecule is CCNC(c1cc(C)ccc1F)c1cc(C)nn1C. The van der Waals surface area contributed by atoms with Crippen LogP contribution in [0.25, 0.3) is 0 Å². The molecule has 0 aliphatic heterocycles. The van der Waals surface area contributed by atoms with E-state index in [9.17, 15) is 4.39 Å². The summed E-state index contributed by atoms with van der Waals surface area (Å²) < 4.78 is 15.9. The van der Waals surface area contributed by atoms with Crippen LogP contribution in [0.4, 0.5) is 4.39 Å². The highest BCUT2D eigenvalue weighted by Gasteiger charge is 2.20. The minimum atomic E-state index is -0.185. The van der Waals surface area contributed by atoms with Gasteiger partial charge in [0, 0.05) is 12.6 Å². The lowest BCUT2D eigenvalue weighted by Crippen LogP contribution is -2.25. The summed E-state index contributed by atoms with van der Waals surface area (Å²) in [6.07, 6.45) is 0. The number of rotatable bonds is 4. The first-order chi connectivity index (χ1) is 9.02. The molecule has 0 bridgehead atoms. The maximum Gasteiger partial charge on any atom is 0.128 e. The van der Waals surface area contributed by atoms with Crippen LogP contribution in [-0.4, -0.2) is 16.3 Å². The number of hydrogen-bond donors (Lipinski definition) is 1. The molecular formula is C15H20FN3. The third-order valence-corrected chi connectivity index (χ3v) is 3.20. The highest BCUT2D eigenvalue weighted by atomic mass is 19.1. The van der Waals surface area contributed by atoms with Gasteiger partial charge in [-0.1, -0.05) is 24.6 Å². The van der Waals surface area contributed by atoms with E-state index < -0.39 is 0 Å². The smallest absolute Gasteiger partial charge is 0.128 e. The van der Waals surface area contributed by atoms with E-state index in [0.717, 1.165) is 23.5 Å². The highest BCUT2D eigenvalue weighted by molar-refractivity contribution is 5.33. The molecule has 0 aliphatic rings. The van der Waals surface area contributed by atoms with Crippen LogP contribution in [0, 0.1) is 19.7 Å². The first-order valence-electron chi connectivity index (χ1n) is 6.53. The Morgan fingerprint density at radius 2 is 2.05 bits per heavy atom. The summed E-state index contributed by atoms with van der Waals surface area (Å²) in [5.41, 5.74) is 3.64. The molecule has 1 heterocycles. The lowest BCUT2D eigenvalue weighted by atomic mass is 10.0. The predicted molar refractivity (Wildman–Crippen MR) is 74.6 cm³/mol. The van der Waals surface area contributed by atoms with Gasteiger partial charge >= 0.3 is 0 Å². The number of nitrogens with one attached hydrogen (secondary N) is 1. The van der Waals surface area contributed by atoms with Crippen molar-refractivity contribution >= 4 is 0 Å². The van der Waals surface area contributed by atoms with E-state index in [0.29, 0.717) is 5.56 Å². The number of aromatic nitrogens is 2. The summed E-state index contributed by atoms with van der Waals surface area (Å²) in [7, 11) is 1.89. The second-order valence-corrected chi connectivity index (χ2v) is 4.85. The lowest BCUT2D eigenvalue weighted by molar-refractivity contribution is 0.531. The topological polar surface area (TPSA) is 29.9 Å². The minimum absolute atomic E-state index is 0.170. The Kier molecular flexibility index (Phi) is 4.00. The molecule has 19 heavy (non-hydrogen) atoms. The zero-order chi connectivity index (χ0) is 14.0. The summed E-state index contributed by atoms with van der Waals surface area (Å²) in [5.74, 6) is -0.185. The van der Waals surface area contributed by atoms with Crippen molar-refractivity contribution in [1.82, 2.24) is 15.1 Å². The Morgan fingerprint density at radius 1 is 1.32 bits per heavy atom. The van der Waals surface area contributed by atoms with Crippen molar-refractivity contribution < 1.29 is 4.39 Å². The molecule has 0 radical (unpaired) electrons. The van der Waals surface area contributed by atoms with Crippen LogP contribution in [0.2, 0.25) is 0 Å². The number of nitrogens with zero attached hydrogens (tertiary/aromatic N) is 2.